The van der Waals surface area contributed by atoms with Gasteiger partial charge in [0, 0.05) is 18.0 Å². The standard InChI is InChI=1S/C13H10ClNO3/c1-8-6-10(4-5-15-8)18-12-3-2-9(13(16)17)7-11(12)14/h2-7H,1H3,(H,16,17). The molecule has 0 spiro atoms. The molecule has 0 saturated heterocycles. The monoisotopic (exact) mass is 263 g/mol. The third-order valence-corrected chi connectivity index (χ3v) is 2.57. The molecule has 2 aromatic rings. The second-order valence-corrected chi connectivity index (χ2v) is 4.09. The van der Waals surface area contributed by atoms with Gasteiger partial charge in [-0.15, -0.1) is 0 Å². The summed E-state index contributed by atoms with van der Waals surface area (Å²) in [7, 11) is 0. The molecular formula is C13H10ClNO3. The average molecular weight is 264 g/mol. The van der Waals surface area contributed by atoms with Crippen LogP contribution in [0.3, 0.4) is 0 Å². The van der Waals surface area contributed by atoms with Crippen molar-refractivity contribution in [3.63, 3.8) is 0 Å². The first-order valence-corrected chi connectivity index (χ1v) is 5.57. The predicted molar refractivity (Wildman–Crippen MR) is 67.5 cm³/mol. The zero-order valence-corrected chi connectivity index (χ0v) is 10.3. The average Bonchev–Trinajstić information content (AvgIpc) is 2.31. The number of pyridine rings is 1. The molecule has 4 nitrogen and oxygen atoms in total. The van der Waals surface area contributed by atoms with Gasteiger partial charge < -0.3 is 9.84 Å². The van der Waals surface area contributed by atoms with Crippen molar-refractivity contribution >= 4 is 17.6 Å². The molecule has 1 heterocycles. The van der Waals surface area contributed by atoms with Crippen molar-refractivity contribution in [2.45, 2.75) is 6.92 Å². The molecule has 92 valence electrons. The first-order valence-electron chi connectivity index (χ1n) is 5.19. The zero-order chi connectivity index (χ0) is 13.1. The molecule has 0 aliphatic carbocycles. The molecule has 0 unspecified atom stereocenters. The molecule has 2 rings (SSSR count). The maximum absolute atomic E-state index is 10.8. The minimum Gasteiger partial charge on any atom is -0.478 e. The van der Waals surface area contributed by atoms with Crippen LogP contribution >= 0.6 is 11.6 Å². The molecule has 1 aromatic carbocycles. The lowest BCUT2D eigenvalue weighted by molar-refractivity contribution is 0.0697. The fraction of sp³-hybridized carbons (Fsp3) is 0.0769. The summed E-state index contributed by atoms with van der Waals surface area (Å²) in [5.74, 6) is -0.0112. The summed E-state index contributed by atoms with van der Waals surface area (Å²) in [5, 5.41) is 9.07. The molecule has 1 aromatic heterocycles. The van der Waals surface area contributed by atoms with Crippen molar-refractivity contribution in [1.82, 2.24) is 4.98 Å². The highest BCUT2D eigenvalue weighted by molar-refractivity contribution is 6.32. The van der Waals surface area contributed by atoms with Gasteiger partial charge in [0.25, 0.3) is 0 Å². The van der Waals surface area contributed by atoms with Gasteiger partial charge in [0.15, 0.2) is 0 Å². The second-order valence-electron chi connectivity index (χ2n) is 3.69. The summed E-state index contributed by atoms with van der Waals surface area (Å²) >= 11 is 5.96. The summed E-state index contributed by atoms with van der Waals surface area (Å²) < 4.78 is 5.56. The largest absolute Gasteiger partial charge is 0.478 e. The number of carbonyl (C=O) groups is 1. The fourth-order valence-electron chi connectivity index (χ4n) is 1.43. The lowest BCUT2D eigenvalue weighted by Crippen LogP contribution is -1.96. The van der Waals surface area contributed by atoms with E-state index in [2.05, 4.69) is 4.98 Å². The summed E-state index contributed by atoms with van der Waals surface area (Å²) in [4.78, 5) is 14.8. The third kappa shape index (κ3) is 2.78. The number of halogens is 1. The van der Waals surface area contributed by atoms with Gasteiger partial charge >= 0.3 is 5.97 Å². The van der Waals surface area contributed by atoms with E-state index in [0.717, 1.165) is 5.69 Å². The lowest BCUT2D eigenvalue weighted by atomic mass is 10.2. The van der Waals surface area contributed by atoms with Crippen LogP contribution in [0.2, 0.25) is 5.02 Å². The van der Waals surface area contributed by atoms with Crippen molar-refractivity contribution in [2.24, 2.45) is 0 Å². The number of benzene rings is 1. The van der Waals surface area contributed by atoms with Gasteiger partial charge in [-0.3, -0.25) is 4.98 Å². The lowest BCUT2D eigenvalue weighted by Gasteiger charge is -2.08. The Morgan fingerprint density at radius 1 is 1.33 bits per heavy atom. The van der Waals surface area contributed by atoms with Crippen LogP contribution in [0.15, 0.2) is 36.5 Å². The smallest absolute Gasteiger partial charge is 0.335 e. The van der Waals surface area contributed by atoms with Gasteiger partial charge in [0.2, 0.25) is 0 Å². The quantitative estimate of drug-likeness (QED) is 0.920. The van der Waals surface area contributed by atoms with Crippen molar-refractivity contribution < 1.29 is 14.6 Å². The van der Waals surface area contributed by atoms with Crippen molar-refractivity contribution in [2.75, 3.05) is 0 Å². The molecular weight excluding hydrogens is 254 g/mol. The van der Waals surface area contributed by atoms with Crippen LogP contribution in [-0.4, -0.2) is 16.1 Å². The fourth-order valence-corrected chi connectivity index (χ4v) is 1.65. The summed E-state index contributed by atoms with van der Waals surface area (Å²) in [6.07, 6.45) is 1.63. The van der Waals surface area contributed by atoms with Crippen molar-refractivity contribution in [3.8, 4) is 11.5 Å². The number of ether oxygens (including phenoxy) is 1. The highest BCUT2D eigenvalue weighted by Gasteiger charge is 2.08. The highest BCUT2D eigenvalue weighted by atomic mass is 35.5. The Labute approximate surface area is 109 Å². The van der Waals surface area contributed by atoms with E-state index in [-0.39, 0.29) is 10.6 Å². The van der Waals surface area contributed by atoms with E-state index in [1.54, 1.807) is 18.3 Å². The number of carboxylic acids is 1. The van der Waals surface area contributed by atoms with Crippen LogP contribution in [-0.2, 0) is 0 Å². The van der Waals surface area contributed by atoms with Crippen LogP contribution in [0, 0.1) is 6.92 Å². The molecule has 0 atom stereocenters. The number of hydrogen-bond donors (Lipinski definition) is 1. The van der Waals surface area contributed by atoms with Crippen LogP contribution in [0.5, 0.6) is 11.5 Å². The minimum atomic E-state index is -1.02. The number of nitrogens with zero attached hydrogens (tertiary/aromatic N) is 1. The van der Waals surface area contributed by atoms with Gasteiger partial charge in [-0.2, -0.15) is 0 Å². The summed E-state index contributed by atoms with van der Waals surface area (Å²) in [6, 6.07) is 7.79. The van der Waals surface area contributed by atoms with Gasteiger partial charge in [0.1, 0.15) is 11.5 Å². The van der Waals surface area contributed by atoms with E-state index in [4.69, 9.17) is 21.4 Å². The van der Waals surface area contributed by atoms with E-state index in [9.17, 15) is 4.79 Å². The van der Waals surface area contributed by atoms with Crippen LogP contribution in [0.4, 0.5) is 0 Å². The summed E-state index contributed by atoms with van der Waals surface area (Å²) in [6.45, 7) is 1.85. The molecule has 0 saturated carbocycles. The van der Waals surface area contributed by atoms with E-state index < -0.39 is 5.97 Å². The number of aromatic carboxylic acids is 1. The number of hydrogen-bond acceptors (Lipinski definition) is 3. The molecule has 0 fully saturated rings. The van der Waals surface area contributed by atoms with Crippen LogP contribution in [0.1, 0.15) is 16.1 Å². The Balaban J connectivity index is 2.27. The minimum absolute atomic E-state index is 0.123. The Morgan fingerprint density at radius 2 is 2.11 bits per heavy atom. The van der Waals surface area contributed by atoms with E-state index in [0.29, 0.717) is 11.5 Å². The number of aromatic nitrogens is 1. The molecule has 0 aliphatic rings. The van der Waals surface area contributed by atoms with Gasteiger partial charge in [0.05, 0.1) is 10.6 Å². The van der Waals surface area contributed by atoms with Crippen molar-refractivity contribution in [3.05, 3.63) is 52.8 Å². The Bertz CT molecular complexity index is 599. The maximum atomic E-state index is 10.8. The Hall–Kier alpha value is -2.07. The van der Waals surface area contributed by atoms with Gasteiger partial charge in [-0.05, 0) is 31.2 Å². The van der Waals surface area contributed by atoms with E-state index >= 15 is 0 Å². The van der Waals surface area contributed by atoms with Crippen molar-refractivity contribution in [1.29, 1.82) is 0 Å². The predicted octanol–water partition coefficient (Wildman–Crippen LogP) is 3.53. The van der Waals surface area contributed by atoms with E-state index in [1.807, 2.05) is 6.92 Å². The molecule has 1 N–H and O–H groups in total. The number of carboxylic acid groups (broad SMARTS) is 1. The van der Waals surface area contributed by atoms with Gasteiger partial charge in [-0.1, -0.05) is 11.6 Å². The molecule has 0 amide bonds. The Morgan fingerprint density at radius 3 is 2.72 bits per heavy atom. The second kappa shape index (κ2) is 5.06. The normalized spacial score (nSPS) is 10.1. The summed E-state index contributed by atoms with van der Waals surface area (Å²) in [5.41, 5.74) is 0.948. The number of rotatable bonds is 3. The molecule has 18 heavy (non-hydrogen) atoms. The maximum Gasteiger partial charge on any atom is 0.335 e. The Kier molecular flexibility index (Phi) is 3.48. The molecule has 0 aliphatic heterocycles. The van der Waals surface area contributed by atoms with Crippen LogP contribution < -0.4 is 4.74 Å². The molecule has 0 bridgehead atoms. The number of aryl methyl sites for hydroxylation is 1. The topological polar surface area (TPSA) is 59.4 Å². The third-order valence-electron chi connectivity index (χ3n) is 2.27. The van der Waals surface area contributed by atoms with Gasteiger partial charge in [-0.25, -0.2) is 4.79 Å². The van der Waals surface area contributed by atoms with Crippen LogP contribution in [0.25, 0.3) is 0 Å². The first kappa shape index (κ1) is 12.4. The molecule has 5 heteroatoms. The highest BCUT2D eigenvalue weighted by Crippen LogP contribution is 2.30. The SMILES string of the molecule is Cc1cc(Oc2ccc(C(=O)O)cc2Cl)ccn1. The van der Waals surface area contributed by atoms with E-state index in [1.165, 1.54) is 18.2 Å². The molecule has 0 radical (unpaired) electrons. The zero-order valence-electron chi connectivity index (χ0n) is 9.55. The first-order chi connectivity index (χ1) is 8.56.